The molecule has 128 valence electrons. The van der Waals surface area contributed by atoms with Crippen molar-refractivity contribution in [2.45, 2.75) is 0 Å². The van der Waals surface area contributed by atoms with E-state index in [2.05, 4.69) is 5.32 Å². The van der Waals surface area contributed by atoms with E-state index in [1.165, 1.54) is 18.2 Å². The van der Waals surface area contributed by atoms with E-state index in [9.17, 15) is 22.8 Å². The third kappa shape index (κ3) is 3.35. The largest absolute Gasteiger partial charge is 0.351 e. The SMILES string of the molecule is O=C(NCCS(=O)(=O)O)c1ccc2c(c1)C(=O)c1ccccc1C2=O. The molecule has 1 aliphatic rings. The third-order valence-corrected chi connectivity index (χ3v) is 4.55. The number of fused-ring (bicyclic) bond motifs is 2. The fourth-order valence-electron chi connectivity index (χ4n) is 2.64. The molecule has 2 aromatic carbocycles. The van der Waals surface area contributed by atoms with Crippen LogP contribution in [0.4, 0.5) is 0 Å². The molecule has 25 heavy (non-hydrogen) atoms. The van der Waals surface area contributed by atoms with Crippen LogP contribution in [0.15, 0.2) is 42.5 Å². The Labute approximate surface area is 143 Å². The maximum atomic E-state index is 12.6. The minimum atomic E-state index is -4.18. The van der Waals surface area contributed by atoms with E-state index >= 15 is 0 Å². The highest BCUT2D eigenvalue weighted by Crippen LogP contribution is 2.27. The molecule has 1 aliphatic carbocycles. The van der Waals surface area contributed by atoms with Crippen LogP contribution in [0.5, 0.6) is 0 Å². The first-order valence-electron chi connectivity index (χ1n) is 7.34. The quantitative estimate of drug-likeness (QED) is 0.673. The highest BCUT2D eigenvalue weighted by Gasteiger charge is 2.29. The monoisotopic (exact) mass is 359 g/mol. The molecular formula is C17H13NO6S. The molecule has 0 heterocycles. The molecule has 0 radical (unpaired) electrons. The van der Waals surface area contributed by atoms with Crippen molar-refractivity contribution >= 4 is 27.6 Å². The van der Waals surface area contributed by atoms with E-state index in [0.717, 1.165) is 0 Å². The Morgan fingerprint density at radius 2 is 1.48 bits per heavy atom. The number of hydrogen-bond acceptors (Lipinski definition) is 5. The van der Waals surface area contributed by atoms with Crippen molar-refractivity contribution in [2.75, 3.05) is 12.3 Å². The highest BCUT2D eigenvalue weighted by atomic mass is 32.2. The van der Waals surface area contributed by atoms with Crippen LogP contribution in [0.3, 0.4) is 0 Å². The van der Waals surface area contributed by atoms with Gasteiger partial charge in [0.15, 0.2) is 11.6 Å². The lowest BCUT2D eigenvalue weighted by molar-refractivity contribution is 0.0953. The number of carbonyl (C=O) groups is 3. The molecule has 0 aliphatic heterocycles. The van der Waals surface area contributed by atoms with E-state index in [0.29, 0.717) is 5.56 Å². The minimum Gasteiger partial charge on any atom is -0.351 e. The molecule has 0 aromatic heterocycles. The molecule has 0 atom stereocenters. The zero-order chi connectivity index (χ0) is 18.2. The van der Waals surface area contributed by atoms with E-state index in [-0.39, 0.29) is 40.4 Å². The Kier molecular flexibility index (Phi) is 4.23. The standard InChI is InChI=1S/C17H13NO6S/c19-15-11-3-1-2-4-12(11)16(20)14-9-10(5-6-13(14)15)17(21)18-7-8-25(22,23)24/h1-6,9H,7-8H2,(H,18,21)(H,22,23,24). The average Bonchev–Trinajstić information content (AvgIpc) is 2.58. The Morgan fingerprint density at radius 1 is 0.920 bits per heavy atom. The minimum absolute atomic E-state index is 0.120. The van der Waals surface area contributed by atoms with E-state index in [1.54, 1.807) is 24.3 Å². The predicted octanol–water partition coefficient (Wildman–Crippen LogP) is 1.08. The van der Waals surface area contributed by atoms with Crippen LogP contribution < -0.4 is 5.32 Å². The third-order valence-electron chi connectivity index (χ3n) is 3.83. The van der Waals surface area contributed by atoms with Crippen molar-refractivity contribution in [3.8, 4) is 0 Å². The smallest absolute Gasteiger partial charge is 0.266 e. The molecule has 2 aromatic rings. The van der Waals surface area contributed by atoms with Gasteiger partial charge < -0.3 is 5.32 Å². The Morgan fingerprint density at radius 3 is 2.08 bits per heavy atom. The van der Waals surface area contributed by atoms with Gasteiger partial charge in [0.2, 0.25) is 0 Å². The number of nitrogens with one attached hydrogen (secondary N) is 1. The number of amides is 1. The molecule has 1 amide bonds. The maximum Gasteiger partial charge on any atom is 0.266 e. The van der Waals surface area contributed by atoms with Gasteiger partial charge >= 0.3 is 0 Å². The van der Waals surface area contributed by atoms with Crippen molar-refractivity contribution in [2.24, 2.45) is 0 Å². The second-order valence-electron chi connectivity index (χ2n) is 5.51. The summed E-state index contributed by atoms with van der Waals surface area (Å²) in [6.07, 6.45) is 0. The average molecular weight is 359 g/mol. The maximum absolute atomic E-state index is 12.6. The lowest BCUT2D eigenvalue weighted by atomic mass is 9.83. The molecule has 7 nitrogen and oxygen atoms in total. The summed E-state index contributed by atoms with van der Waals surface area (Å²) in [7, 11) is -4.18. The summed E-state index contributed by atoms with van der Waals surface area (Å²) >= 11 is 0. The zero-order valence-electron chi connectivity index (χ0n) is 12.9. The number of rotatable bonds is 4. The number of ketones is 2. The first-order chi connectivity index (χ1) is 11.8. The molecule has 3 rings (SSSR count). The molecule has 2 N–H and O–H groups in total. The fraction of sp³-hybridized carbons (Fsp3) is 0.118. The zero-order valence-corrected chi connectivity index (χ0v) is 13.7. The van der Waals surface area contributed by atoms with Crippen molar-refractivity contribution in [3.05, 3.63) is 70.3 Å². The lowest BCUT2D eigenvalue weighted by Gasteiger charge is -2.17. The summed E-state index contributed by atoms with van der Waals surface area (Å²) in [4.78, 5) is 37.1. The van der Waals surface area contributed by atoms with Crippen molar-refractivity contribution in [1.82, 2.24) is 5.32 Å². The molecule has 0 saturated heterocycles. The van der Waals surface area contributed by atoms with Gasteiger partial charge in [0.05, 0.1) is 5.75 Å². The number of benzene rings is 2. The van der Waals surface area contributed by atoms with Crippen molar-refractivity contribution in [3.63, 3.8) is 0 Å². The Balaban J connectivity index is 1.88. The lowest BCUT2D eigenvalue weighted by Crippen LogP contribution is -2.29. The summed E-state index contributed by atoms with van der Waals surface area (Å²) in [5, 5.41) is 2.33. The summed E-state index contributed by atoms with van der Waals surface area (Å²) in [6.45, 7) is -0.273. The van der Waals surface area contributed by atoms with Crippen LogP contribution in [-0.4, -0.2) is 42.7 Å². The van der Waals surface area contributed by atoms with Crippen LogP contribution in [0.1, 0.15) is 42.2 Å². The van der Waals surface area contributed by atoms with E-state index in [4.69, 9.17) is 4.55 Å². The first kappa shape index (κ1) is 17.0. The molecular weight excluding hydrogens is 346 g/mol. The van der Waals surface area contributed by atoms with Gasteiger partial charge in [0, 0.05) is 34.4 Å². The second-order valence-corrected chi connectivity index (χ2v) is 7.08. The van der Waals surface area contributed by atoms with Crippen LogP contribution >= 0.6 is 0 Å². The molecule has 0 spiro atoms. The summed E-state index contributed by atoms with van der Waals surface area (Å²) in [6, 6.07) is 10.6. The second kappa shape index (κ2) is 6.23. The number of hydrogen-bond donors (Lipinski definition) is 2. The van der Waals surface area contributed by atoms with Gasteiger partial charge in [-0.25, -0.2) is 0 Å². The van der Waals surface area contributed by atoms with Crippen molar-refractivity contribution in [1.29, 1.82) is 0 Å². The first-order valence-corrected chi connectivity index (χ1v) is 8.95. The van der Waals surface area contributed by atoms with Crippen molar-refractivity contribution < 1.29 is 27.4 Å². The van der Waals surface area contributed by atoms with E-state index in [1.807, 2.05) is 0 Å². The summed E-state index contributed by atoms with van der Waals surface area (Å²) in [5.41, 5.74) is 1.08. The Bertz CT molecular complexity index is 1010. The fourth-order valence-corrected chi connectivity index (χ4v) is 3.00. The van der Waals surface area contributed by atoms with Crippen LogP contribution in [0.25, 0.3) is 0 Å². The van der Waals surface area contributed by atoms with Gasteiger partial charge in [-0.05, 0) is 18.2 Å². The number of carbonyl (C=O) groups excluding carboxylic acids is 3. The topological polar surface area (TPSA) is 118 Å². The predicted molar refractivity (Wildman–Crippen MR) is 88.5 cm³/mol. The van der Waals surface area contributed by atoms with Gasteiger partial charge in [-0.3, -0.25) is 18.9 Å². The van der Waals surface area contributed by atoms with Crippen LogP contribution in [0, 0.1) is 0 Å². The normalized spacial score (nSPS) is 13.2. The summed E-state index contributed by atoms with van der Waals surface area (Å²) < 4.78 is 30.0. The van der Waals surface area contributed by atoms with Gasteiger partial charge in [-0.2, -0.15) is 8.42 Å². The van der Waals surface area contributed by atoms with E-state index < -0.39 is 21.8 Å². The molecule has 8 heteroatoms. The molecule has 0 unspecified atom stereocenters. The molecule has 0 fully saturated rings. The van der Waals surface area contributed by atoms with Gasteiger partial charge in [-0.15, -0.1) is 0 Å². The van der Waals surface area contributed by atoms with Gasteiger partial charge in [-0.1, -0.05) is 24.3 Å². The summed E-state index contributed by atoms with van der Waals surface area (Å²) in [5.74, 6) is -1.86. The van der Waals surface area contributed by atoms with Gasteiger partial charge in [0.25, 0.3) is 16.0 Å². The molecule has 0 bridgehead atoms. The Hall–Kier alpha value is -2.84. The highest BCUT2D eigenvalue weighted by molar-refractivity contribution is 7.85. The van der Waals surface area contributed by atoms with Gasteiger partial charge in [0.1, 0.15) is 0 Å². The van der Waals surface area contributed by atoms with Crippen LogP contribution in [0.2, 0.25) is 0 Å². The van der Waals surface area contributed by atoms with Crippen LogP contribution in [-0.2, 0) is 10.1 Å². The molecule has 0 saturated carbocycles.